The number of benzene rings is 1. The van der Waals surface area contributed by atoms with Crippen molar-refractivity contribution in [1.82, 2.24) is 5.32 Å². The van der Waals surface area contributed by atoms with Crippen LogP contribution >= 0.6 is 23.2 Å². The largest absolute Gasteiger partial charge is 0.481 e. The third-order valence-corrected chi connectivity index (χ3v) is 3.43. The lowest BCUT2D eigenvalue weighted by molar-refractivity contribution is -0.137. The Morgan fingerprint density at radius 2 is 2.10 bits per heavy atom. The first-order chi connectivity index (χ1) is 9.88. The van der Waals surface area contributed by atoms with Gasteiger partial charge in [-0.1, -0.05) is 30.1 Å². The Bertz CT molecular complexity index is 544. The van der Waals surface area contributed by atoms with E-state index in [4.69, 9.17) is 28.3 Å². The fraction of sp³-hybridized carbons (Fsp3) is 0.333. The Morgan fingerprint density at radius 3 is 2.76 bits per heavy atom. The molecule has 114 valence electrons. The maximum atomic E-state index is 11.7. The number of hydrogen-bond donors (Lipinski definition) is 2. The van der Waals surface area contributed by atoms with E-state index in [1.165, 1.54) is 6.08 Å². The average Bonchev–Trinajstić information content (AvgIpc) is 2.43. The van der Waals surface area contributed by atoms with Gasteiger partial charge in [-0.15, -0.1) is 0 Å². The van der Waals surface area contributed by atoms with Crippen LogP contribution < -0.4 is 5.32 Å². The molecule has 0 spiro atoms. The predicted molar refractivity (Wildman–Crippen MR) is 84.5 cm³/mol. The number of amides is 1. The molecule has 1 amide bonds. The van der Waals surface area contributed by atoms with Crippen molar-refractivity contribution < 1.29 is 14.7 Å². The second-order valence-electron chi connectivity index (χ2n) is 4.78. The lowest BCUT2D eigenvalue weighted by atomic mass is 10.1. The summed E-state index contributed by atoms with van der Waals surface area (Å²) in [6, 6.07) is 5.00. The van der Waals surface area contributed by atoms with Gasteiger partial charge in [-0.3, -0.25) is 9.59 Å². The first-order valence-electron chi connectivity index (χ1n) is 6.51. The summed E-state index contributed by atoms with van der Waals surface area (Å²) in [6.45, 7) is 2.32. The number of aliphatic carboxylic acids is 1. The molecule has 1 aromatic carbocycles. The van der Waals surface area contributed by atoms with E-state index in [1.54, 1.807) is 24.3 Å². The van der Waals surface area contributed by atoms with Crippen LogP contribution in [0, 0.1) is 5.92 Å². The monoisotopic (exact) mass is 329 g/mol. The Hall–Kier alpha value is -1.52. The van der Waals surface area contributed by atoms with E-state index in [2.05, 4.69) is 5.32 Å². The number of halogens is 2. The number of rotatable bonds is 7. The van der Waals surface area contributed by atoms with E-state index in [1.807, 2.05) is 6.92 Å². The number of carboxylic acids is 1. The van der Waals surface area contributed by atoms with E-state index in [0.29, 0.717) is 28.6 Å². The number of nitrogens with one attached hydrogen (secondary N) is 1. The van der Waals surface area contributed by atoms with Gasteiger partial charge >= 0.3 is 5.97 Å². The quantitative estimate of drug-likeness (QED) is 0.751. The molecule has 0 heterocycles. The first-order valence-corrected chi connectivity index (χ1v) is 7.27. The summed E-state index contributed by atoms with van der Waals surface area (Å²) >= 11 is 11.8. The molecule has 0 saturated carbocycles. The van der Waals surface area contributed by atoms with Crippen LogP contribution in [-0.4, -0.2) is 23.5 Å². The van der Waals surface area contributed by atoms with Crippen molar-refractivity contribution in [1.29, 1.82) is 0 Å². The fourth-order valence-corrected chi connectivity index (χ4v) is 1.97. The van der Waals surface area contributed by atoms with E-state index >= 15 is 0 Å². The van der Waals surface area contributed by atoms with E-state index in [-0.39, 0.29) is 18.2 Å². The molecule has 1 rings (SSSR count). The molecule has 2 N–H and O–H groups in total. The molecule has 0 saturated heterocycles. The van der Waals surface area contributed by atoms with Crippen molar-refractivity contribution in [2.75, 3.05) is 6.54 Å². The minimum Gasteiger partial charge on any atom is -0.481 e. The Kier molecular flexibility index (Phi) is 7.26. The van der Waals surface area contributed by atoms with E-state index in [0.717, 1.165) is 0 Å². The highest BCUT2D eigenvalue weighted by Crippen LogP contribution is 2.21. The summed E-state index contributed by atoms with van der Waals surface area (Å²) in [7, 11) is 0. The van der Waals surface area contributed by atoms with E-state index < -0.39 is 5.97 Å². The second kappa shape index (κ2) is 8.70. The zero-order valence-electron chi connectivity index (χ0n) is 11.6. The zero-order chi connectivity index (χ0) is 15.8. The molecule has 4 nitrogen and oxygen atoms in total. The maximum Gasteiger partial charge on any atom is 0.303 e. The molecule has 0 aliphatic carbocycles. The molecule has 0 aliphatic heterocycles. The molecular weight excluding hydrogens is 313 g/mol. The molecule has 21 heavy (non-hydrogen) atoms. The van der Waals surface area contributed by atoms with Gasteiger partial charge in [-0.05, 0) is 42.2 Å². The number of hydrogen-bond acceptors (Lipinski definition) is 2. The maximum absolute atomic E-state index is 11.7. The summed E-state index contributed by atoms with van der Waals surface area (Å²) in [6.07, 6.45) is 3.59. The molecule has 0 fully saturated rings. The minimum atomic E-state index is -0.830. The van der Waals surface area contributed by atoms with E-state index in [9.17, 15) is 9.59 Å². The van der Waals surface area contributed by atoms with Crippen LogP contribution in [0.3, 0.4) is 0 Å². The van der Waals surface area contributed by atoms with Crippen LogP contribution in [0.2, 0.25) is 10.0 Å². The van der Waals surface area contributed by atoms with Gasteiger partial charge in [0.2, 0.25) is 5.91 Å². The minimum absolute atomic E-state index is 0.102. The SMILES string of the molecule is CC(CCC(=O)O)CNC(=O)/C=C/c1cc(Cl)ccc1Cl. The van der Waals surface area contributed by atoms with Crippen LogP contribution in [0.15, 0.2) is 24.3 Å². The van der Waals surface area contributed by atoms with Crippen LogP contribution in [0.5, 0.6) is 0 Å². The van der Waals surface area contributed by atoms with Gasteiger partial charge in [0.05, 0.1) is 0 Å². The normalized spacial score (nSPS) is 12.3. The topological polar surface area (TPSA) is 66.4 Å². The summed E-state index contributed by atoms with van der Waals surface area (Å²) in [4.78, 5) is 22.1. The van der Waals surface area contributed by atoms with Gasteiger partial charge in [0, 0.05) is 29.1 Å². The molecule has 6 heteroatoms. The lowest BCUT2D eigenvalue weighted by Crippen LogP contribution is -2.26. The highest BCUT2D eigenvalue weighted by molar-refractivity contribution is 6.34. The third-order valence-electron chi connectivity index (χ3n) is 2.85. The molecule has 1 unspecified atom stereocenters. The van der Waals surface area contributed by atoms with Gasteiger partial charge in [0.1, 0.15) is 0 Å². The van der Waals surface area contributed by atoms with Crippen LogP contribution in [0.1, 0.15) is 25.3 Å². The van der Waals surface area contributed by atoms with Crippen molar-refractivity contribution in [3.05, 3.63) is 39.9 Å². The van der Waals surface area contributed by atoms with Crippen LogP contribution in [0.4, 0.5) is 0 Å². The second-order valence-corrected chi connectivity index (χ2v) is 5.63. The molecule has 0 radical (unpaired) electrons. The van der Waals surface area contributed by atoms with Crippen molar-refractivity contribution in [2.45, 2.75) is 19.8 Å². The van der Waals surface area contributed by atoms with Gasteiger partial charge < -0.3 is 10.4 Å². The lowest BCUT2D eigenvalue weighted by Gasteiger charge is -2.09. The highest BCUT2D eigenvalue weighted by atomic mass is 35.5. The number of carboxylic acid groups (broad SMARTS) is 1. The van der Waals surface area contributed by atoms with Gasteiger partial charge in [0.15, 0.2) is 0 Å². The summed E-state index contributed by atoms with van der Waals surface area (Å²) in [5.74, 6) is -0.981. The smallest absolute Gasteiger partial charge is 0.303 e. The molecular formula is C15H17Cl2NO3. The summed E-state index contributed by atoms with van der Waals surface area (Å²) < 4.78 is 0. The van der Waals surface area contributed by atoms with Gasteiger partial charge in [0.25, 0.3) is 0 Å². The zero-order valence-corrected chi connectivity index (χ0v) is 13.1. The standard InChI is InChI=1S/C15H17Cl2NO3/c1-10(2-7-15(20)21)9-18-14(19)6-3-11-8-12(16)4-5-13(11)17/h3-6,8,10H,2,7,9H2,1H3,(H,18,19)(H,20,21)/b6-3+. The highest BCUT2D eigenvalue weighted by Gasteiger charge is 2.06. The van der Waals surface area contributed by atoms with Crippen LogP contribution in [0.25, 0.3) is 6.08 Å². The summed E-state index contributed by atoms with van der Waals surface area (Å²) in [5, 5.41) is 12.3. The fourth-order valence-electron chi connectivity index (χ4n) is 1.61. The average molecular weight is 330 g/mol. The molecule has 0 bridgehead atoms. The Balaban J connectivity index is 2.44. The first kappa shape index (κ1) is 17.5. The van der Waals surface area contributed by atoms with Gasteiger partial charge in [-0.25, -0.2) is 0 Å². The molecule has 0 aliphatic rings. The summed E-state index contributed by atoms with van der Waals surface area (Å²) in [5.41, 5.74) is 0.665. The van der Waals surface area contributed by atoms with Gasteiger partial charge in [-0.2, -0.15) is 0 Å². The predicted octanol–water partition coefficient (Wildman–Crippen LogP) is 3.62. The molecule has 0 aromatic heterocycles. The van der Waals surface area contributed by atoms with Crippen LogP contribution in [-0.2, 0) is 9.59 Å². The number of carbonyl (C=O) groups excluding carboxylic acids is 1. The third kappa shape index (κ3) is 7.16. The van der Waals surface area contributed by atoms with Crippen molar-refractivity contribution in [3.8, 4) is 0 Å². The van der Waals surface area contributed by atoms with Crippen molar-refractivity contribution in [3.63, 3.8) is 0 Å². The molecule has 1 atom stereocenters. The Labute approximate surface area is 133 Å². The molecule has 1 aromatic rings. The van der Waals surface area contributed by atoms with Crippen molar-refractivity contribution in [2.24, 2.45) is 5.92 Å². The van der Waals surface area contributed by atoms with Crippen molar-refractivity contribution >= 4 is 41.2 Å². The number of carbonyl (C=O) groups is 2. The Morgan fingerprint density at radius 1 is 1.38 bits per heavy atom.